The minimum atomic E-state index is -0.403. The third-order valence-electron chi connectivity index (χ3n) is 4.62. The van der Waals surface area contributed by atoms with Crippen molar-refractivity contribution in [1.82, 2.24) is 4.90 Å². The molecule has 0 N–H and O–H groups in total. The van der Waals surface area contributed by atoms with Crippen molar-refractivity contribution in [3.8, 4) is 0 Å². The number of carbonyl (C=O) groups is 1. The first-order valence-electron chi connectivity index (χ1n) is 8.41. The van der Waals surface area contributed by atoms with E-state index < -0.39 is 5.60 Å². The molecule has 0 bridgehead atoms. The summed E-state index contributed by atoms with van der Waals surface area (Å²) in [6.07, 6.45) is 1.99. The van der Waals surface area contributed by atoms with E-state index in [0.717, 1.165) is 30.9 Å². The Morgan fingerprint density at radius 1 is 1.30 bits per heavy atom. The minimum absolute atomic E-state index is 0.0493. The number of esters is 1. The van der Waals surface area contributed by atoms with Gasteiger partial charge in [-0.3, -0.25) is 4.79 Å². The third-order valence-corrected chi connectivity index (χ3v) is 5.18. The SMILES string of the molecule is CC(C)(C)OC(=O)[C@H]1C[C@H]1C1CCN(Cc2ccccc2)C1=S. The van der Waals surface area contributed by atoms with E-state index in [2.05, 4.69) is 29.2 Å². The van der Waals surface area contributed by atoms with Gasteiger partial charge in [0.1, 0.15) is 5.60 Å². The Hall–Kier alpha value is -1.42. The summed E-state index contributed by atoms with van der Waals surface area (Å²) in [5.41, 5.74) is 0.884. The Morgan fingerprint density at radius 3 is 2.65 bits per heavy atom. The van der Waals surface area contributed by atoms with Crippen LogP contribution < -0.4 is 0 Å². The summed E-state index contributed by atoms with van der Waals surface area (Å²) >= 11 is 5.70. The molecule has 2 aliphatic rings. The highest BCUT2D eigenvalue weighted by Gasteiger charge is 2.52. The van der Waals surface area contributed by atoms with Crippen LogP contribution in [0.4, 0.5) is 0 Å². The van der Waals surface area contributed by atoms with Gasteiger partial charge in [0.25, 0.3) is 0 Å². The van der Waals surface area contributed by atoms with Gasteiger partial charge in [0.05, 0.1) is 10.9 Å². The Kier molecular flexibility index (Phi) is 4.45. The van der Waals surface area contributed by atoms with Gasteiger partial charge in [0, 0.05) is 19.0 Å². The van der Waals surface area contributed by atoms with Crippen LogP contribution in [0.5, 0.6) is 0 Å². The Morgan fingerprint density at radius 2 is 2.00 bits per heavy atom. The van der Waals surface area contributed by atoms with Gasteiger partial charge in [-0.25, -0.2) is 0 Å². The molecule has 1 aliphatic heterocycles. The number of rotatable bonds is 4. The molecule has 1 unspecified atom stereocenters. The molecule has 3 atom stereocenters. The summed E-state index contributed by atoms with van der Waals surface area (Å²) in [5, 5.41) is 0. The van der Waals surface area contributed by atoms with E-state index in [1.807, 2.05) is 26.8 Å². The van der Waals surface area contributed by atoms with Crippen molar-refractivity contribution in [2.75, 3.05) is 6.54 Å². The van der Waals surface area contributed by atoms with Crippen LogP contribution in [0, 0.1) is 17.8 Å². The first kappa shape index (κ1) is 16.4. The fourth-order valence-electron chi connectivity index (χ4n) is 3.43. The number of hydrogen-bond acceptors (Lipinski definition) is 3. The van der Waals surface area contributed by atoms with E-state index in [9.17, 15) is 4.79 Å². The fraction of sp³-hybridized carbons (Fsp3) is 0.579. The predicted octanol–water partition coefficient (Wildman–Crippen LogP) is 3.81. The fourth-order valence-corrected chi connectivity index (χ4v) is 3.88. The lowest BCUT2D eigenvalue weighted by Crippen LogP contribution is -2.28. The molecule has 0 spiro atoms. The number of likely N-dealkylation sites (tertiary alicyclic amines) is 1. The van der Waals surface area contributed by atoms with Gasteiger partial charge < -0.3 is 9.64 Å². The van der Waals surface area contributed by atoms with Gasteiger partial charge in [-0.15, -0.1) is 0 Å². The van der Waals surface area contributed by atoms with E-state index in [-0.39, 0.29) is 11.9 Å². The van der Waals surface area contributed by atoms with E-state index in [4.69, 9.17) is 17.0 Å². The van der Waals surface area contributed by atoms with Crippen LogP contribution in [0.15, 0.2) is 30.3 Å². The first-order valence-corrected chi connectivity index (χ1v) is 8.81. The number of ether oxygens (including phenoxy) is 1. The molecule has 1 aliphatic carbocycles. The normalized spacial score (nSPS) is 27.2. The van der Waals surface area contributed by atoms with Gasteiger partial charge in [0.2, 0.25) is 0 Å². The zero-order valence-electron chi connectivity index (χ0n) is 14.1. The summed E-state index contributed by atoms with van der Waals surface area (Å²) in [6.45, 7) is 7.63. The van der Waals surface area contributed by atoms with Crippen molar-refractivity contribution in [2.45, 2.75) is 45.8 Å². The van der Waals surface area contributed by atoms with Crippen LogP contribution in [0.25, 0.3) is 0 Å². The van der Waals surface area contributed by atoms with Crippen molar-refractivity contribution in [2.24, 2.45) is 17.8 Å². The van der Waals surface area contributed by atoms with Gasteiger partial charge >= 0.3 is 5.97 Å². The van der Waals surface area contributed by atoms with Crippen molar-refractivity contribution < 1.29 is 9.53 Å². The monoisotopic (exact) mass is 331 g/mol. The topological polar surface area (TPSA) is 29.5 Å². The lowest BCUT2D eigenvalue weighted by atomic mass is 10.0. The molecule has 1 aromatic carbocycles. The largest absolute Gasteiger partial charge is 0.460 e. The lowest BCUT2D eigenvalue weighted by Gasteiger charge is -2.21. The molecule has 0 amide bonds. The number of thiocarbonyl (C=S) groups is 1. The van der Waals surface area contributed by atoms with Crippen LogP contribution in [0.1, 0.15) is 39.2 Å². The molecule has 0 aromatic heterocycles. The average molecular weight is 331 g/mol. The third kappa shape index (κ3) is 3.92. The van der Waals surface area contributed by atoms with Crippen LogP contribution in [-0.2, 0) is 16.1 Å². The number of nitrogens with zero attached hydrogens (tertiary/aromatic N) is 1. The van der Waals surface area contributed by atoms with E-state index in [1.54, 1.807) is 0 Å². The molecule has 1 saturated carbocycles. The second-order valence-corrected chi connectivity index (χ2v) is 8.10. The average Bonchev–Trinajstić information content (AvgIpc) is 3.19. The molecule has 0 radical (unpaired) electrons. The molecular formula is C19H25NO2S. The van der Waals surface area contributed by atoms with Crippen LogP contribution in [0.3, 0.4) is 0 Å². The maximum absolute atomic E-state index is 12.2. The molecule has 2 fully saturated rings. The van der Waals surface area contributed by atoms with Gasteiger partial charge in [-0.05, 0) is 45.1 Å². The molecule has 3 nitrogen and oxygen atoms in total. The highest BCUT2D eigenvalue weighted by molar-refractivity contribution is 7.80. The van der Waals surface area contributed by atoms with Crippen molar-refractivity contribution in [1.29, 1.82) is 0 Å². The maximum atomic E-state index is 12.2. The summed E-state index contributed by atoms with van der Waals surface area (Å²) in [5.74, 6) is 0.755. The molecule has 1 aromatic rings. The van der Waals surface area contributed by atoms with E-state index >= 15 is 0 Å². The van der Waals surface area contributed by atoms with Crippen molar-refractivity contribution in [3.63, 3.8) is 0 Å². The van der Waals surface area contributed by atoms with Gasteiger partial charge in [0.15, 0.2) is 0 Å². The lowest BCUT2D eigenvalue weighted by molar-refractivity contribution is -0.156. The van der Waals surface area contributed by atoms with Crippen molar-refractivity contribution >= 4 is 23.2 Å². The summed E-state index contributed by atoms with van der Waals surface area (Å²) in [6, 6.07) is 10.4. The minimum Gasteiger partial charge on any atom is -0.460 e. The molecular weight excluding hydrogens is 306 g/mol. The van der Waals surface area contributed by atoms with Crippen molar-refractivity contribution in [3.05, 3.63) is 35.9 Å². The van der Waals surface area contributed by atoms with Crippen LogP contribution in [-0.4, -0.2) is 28.0 Å². The standard InChI is InChI=1S/C19H25NO2S/c1-19(2,3)22-18(21)16-11-15(16)14-9-10-20(17(14)23)12-13-7-5-4-6-8-13/h4-8,14-16H,9-12H2,1-3H3/t14?,15-,16-/m0/s1. The highest BCUT2D eigenvalue weighted by atomic mass is 32.1. The van der Waals surface area contributed by atoms with Crippen LogP contribution in [0.2, 0.25) is 0 Å². The molecule has 4 heteroatoms. The smallest absolute Gasteiger partial charge is 0.309 e. The number of carbonyl (C=O) groups excluding carboxylic acids is 1. The predicted molar refractivity (Wildman–Crippen MR) is 95.0 cm³/mol. The van der Waals surface area contributed by atoms with E-state index in [0.29, 0.717) is 11.8 Å². The first-order chi connectivity index (χ1) is 10.8. The quantitative estimate of drug-likeness (QED) is 0.620. The van der Waals surface area contributed by atoms with Gasteiger partial charge in [-0.1, -0.05) is 42.5 Å². The molecule has 1 saturated heterocycles. The van der Waals surface area contributed by atoms with Crippen LogP contribution >= 0.6 is 12.2 Å². The highest BCUT2D eigenvalue weighted by Crippen LogP contribution is 2.49. The Bertz CT molecular complexity index is 593. The zero-order valence-corrected chi connectivity index (χ0v) is 14.9. The summed E-state index contributed by atoms with van der Waals surface area (Å²) in [4.78, 5) is 15.5. The number of benzene rings is 1. The molecule has 1 heterocycles. The second-order valence-electron chi connectivity index (χ2n) is 7.68. The second kappa shape index (κ2) is 6.23. The molecule has 3 rings (SSSR count). The summed E-state index contributed by atoms with van der Waals surface area (Å²) < 4.78 is 5.51. The molecule has 124 valence electrons. The van der Waals surface area contributed by atoms with E-state index in [1.165, 1.54) is 5.56 Å². The summed E-state index contributed by atoms with van der Waals surface area (Å²) in [7, 11) is 0. The maximum Gasteiger partial charge on any atom is 0.309 e. The molecule has 23 heavy (non-hydrogen) atoms. The number of hydrogen-bond donors (Lipinski definition) is 0. The zero-order chi connectivity index (χ0) is 16.6. The Labute approximate surface area is 144 Å². The van der Waals surface area contributed by atoms with Gasteiger partial charge in [-0.2, -0.15) is 0 Å². The Balaban J connectivity index is 1.55.